The number of fused-ring (bicyclic) bond motifs is 1. The normalized spacial score (nSPS) is 21.5. The van der Waals surface area contributed by atoms with Crippen LogP contribution in [-0.2, 0) is 36.8 Å². The number of aliphatic carboxylic acids is 1. The molecule has 0 radical (unpaired) electrons. The van der Waals surface area contributed by atoms with Crippen molar-refractivity contribution in [3.8, 4) is 0 Å². The average molecular weight is 619 g/mol. The number of guanidine groups is 1. The third-order valence-electron chi connectivity index (χ3n) is 7.52. The molecule has 4 atom stereocenters. The largest absolute Gasteiger partial charge is 0.480 e. The fraction of sp³-hybridized carbons (Fsp3) is 0.355. The highest BCUT2D eigenvalue weighted by molar-refractivity contribution is 5.96. The van der Waals surface area contributed by atoms with Gasteiger partial charge in [-0.3, -0.25) is 24.2 Å². The number of hydrogen-bond donors (Lipinski definition) is 8. The van der Waals surface area contributed by atoms with Gasteiger partial charge in [0, 0.05) is 42.9 Å². The van der Waals surface area contributed by atoms with E-state index in [0.29, 0.717) is 6.42 Å². The van der Waals surface area contributed by atoms with E-state index in [1.807, 2.05) is 30.3 Å². The Morgan fingerprint density at radius 2 is 1.47 bits per heavy atom. The van der Waals surface area contributed by atoms with Crippen molar-refractivity contribution < 1.29 is 29.1 Å². The molecule has 45 heavy (non-hydrogen) atoms. The van der Waals surface area contributed by atoms with Gasteiger partial charge >= 0.3 is 5.97 Å². The van der Waals surface area contributed by atoms with Crippen molar-refractivity contribution in [2.45, 2.75) is 62.7 Å². The molecule has 1 aliphatic heterocycles. The Hall–Kier alpha value is -5.40. The number of nitrogens with one attached hydrogen (secondary N) is 5. The van der Waals surface area contributed by atoms with Crippen LogP contribution >= 0.6 is 0 Å². The van der Waals surface area contributed by atoms with E-state index in [1.165, 1.54) is 0 Å². The molecule has 0 bridgehead atoms. The number of carbonyl (C=O) groups excluding carboxylic acids is 4. The van der Waals surface area contributed by atoms with Crippen molar-refractivity contribution in [3.63, 3.8) is 0 Å². The van der Waals surface area contributed by atoms with E-state index < -0.39 is 53.8 Å². The minimum atomic E-state index is -1.41. The lowest BCUT2D eigenvalue weighted by atomic mass is 10.0. The molecule has 10 N–H and O–H groups in total. The summed E-state index contributed by atoms with van der Waals surface area (Å²) in [6.45, 7) is 0.186. The molecular formula is C31H38N8O6. The molecule has 3 aromatic rings. The summed E-state index contributed by atoms with van der Waals surface area (Å²) in [5, 5.41) is 21.3. The summed E-state index contributed by atoms with van der Waals surface area (Å²) in [7, 11) is 0. The van der Waals surface area contributed by atoms with Gasteiger partial charge in [0.05, 0.1) is 0 Å². The van der Waals surface area contributed by atoms with Gasteiger partial charge in [-0.25, -0.2) is 4.79 Å². The minimum Gasteiger partial charge on any atom is -0.480 e. The van der Waals surface area contributed by atoms with Crippen LogP contribution in [0.2, 0.25) is 0 Å². The molecule has 0 unspecified atom stereocenters. The van der Waals surface area contributed by atoms with Crippen LogP contribution in [0.4, 0.5) is 0 Å². The second kappa shape index (κ2) is 15.4. The smallest absolute Gasteiger partial charge is 0.326 e. The van der Waals surface area contributed by atoms with Gasteiger partial charge in [0.2, 0.25) is 23.6 Å². The molecule has 238 valence electrons. The zero-order valence-corrected chi connectivity index (χ0v) is 24.6. The van der Waals surface area contributed by atoms with Crippen molar-refractivity contribution in [2.24, 2.45) is 16.5 Å². The molecule has 1 aliphatic rings. The van der Waals surface area contributed by atoms with Gasteiger partial charge < -0.3 is 42.8 Å². The van der Waals surface area contributed by atoms with E-state index in [1.54, 1.807) is 30.5 Å². The number of benzene rings is 2. The SMILES string of the molecule is NC(N)=NCCC[C@@H]1NC(=O)[C@@H](Cc2ccccc2)NC(=O)CC[C@@H](C(=O)O)NC(=O)[C@H](Cc2c[nH]c3ccccc23)NC1=O. The highest BCUT2D eigenvalue weighted by atomic mass is 16.4. The van der Waals surface area contributed by atoms with Crippen LogP contribution in [0.1, 0.15) is 36.8 Å². The summed E-state index contributed by atoms with van der Waals surface area (Å²) >= 11 is 0. The number of rotatable bonds is 9. The zero-order valence-electron chi connectivity index (χ0n) is 24.6. The van der Waals surface area contributed by atoms with Crippen molar-refractivity contribution in [3.05, 3.63) is 71.9 Å². The molecule has 14 heteroatoms. The Balaban J connectivity index is 1.66. The average Bonchev–Trinajstić information content (AvgIpc) is 3.42. The molecule has 14 nitrogen and oxygen atoms in total. The lowest BCUT2D eigenvalue weighted by Gasteiger charge is -2.27. The second-order valence-corrected chi connectivity index (χ2v) is 10.9. The van der Waals surface area contributed by atoms with Crippen LogP contribution < -0.4 is 32.7 Å². The van der Waals surface area contributed by atoms with E-state index in [4.69, 9.17) is 11.5 Å². The minimum absolute atomic E-state index is 0.0275. The van der Waals surface area contributed by atoms with Crippen LogP contribution in [-0.4, -0.2) is 76.4 Å². The maximum Gasteiger partial charge on any atom is 0.326 e. The summed E-state index contributed by atoms with van der Waals surface area (Å²) < 4.78 is 0. The number of nitrogens with two attached hydrogens (primary N) is 2. The first-order valence-corrected chi connectivity index (χ1v) is 14.7. The van der Waals surface area contributed by atoms with Gasteiger partial charge in [0.1, 0.15) is 24.2 Å². The first-order chi connectivity index (χ1) is 21.6. The number of nitrogens with zero attached hydrogens (tertiary/aromatic N) is 1. The topological polar surface area (TPSA) is 234 Å². The molecule has 0 aliphatic carbocycles. The summed E-state index contributed by atoms with van der Waals surface area (Å²) in [5.74, 6) is -4.06. The van der Waals surface area contributed by atoms with Gasteiger partial charge in [0.25, 0.3) is 0 Å². The first-order valence-electron chi connectivity index (χ1n) is 14.7. The van der Waals surface area contributed by atoms with E-state index in [9.17, 15) is 29.1 Å². The van der Waals surface area contributed by atoms with Gasteiger partial charge in [-0.1, -0.05) is 48.5 Å². The Bertz CT molecular complexity index is 1550. The van der Waals surface area contributed by atoms with Crippen molar-refractivity contribution >= 4 is 46.5 Å². The highest BCUT2D eigenvalue weighted by Crippen LogP contribution is 2.20. The molecule has 1 saturated heterocycles. The predicted molar refractivity (Wildman–Crippen MR) is 167 cm³/mol. The molecule has 2 heterocycles. The first kappa shape index (κ1) is 32.5. The van der Waals surface area contributed by atoms with Gasteiger partial charge in [0.15, 0.2) is 5.96 Å². The zero-order chi connectivity index (χ0) is 32.3. The van der Waals surface area contributed by atoms with Crippen molar-refractivity contribution in [1.29, 1.82) is 0 Å². The third kappa shape index (κ3) is 9.29. The lowest BCUT2D eigenvalue weighted by molar-refractivity contribution is -0.143. The predicted octanol–water partition coefficient (Wildman–Crippen LogP) is -0.176. The number of amides is 4. The number of aromatic amines is 1. The molecule has 4 rings (SSSR count). The van der Waals surface area contributed by atoms with E-state index in [2.05, 4.69) is 31.2 Å². The number of aliphatic imine (C=N–C) groups is 1. The quantitative estimate of drug-likeness (QED) is 0.0908. The number of hydrogen-bond acceptors (Lipinski definition) is 6. The monoisotopic (exact) mass is 618 g/mol. The van der Waals surface area contributed by atoms with E-state index in [0.717, 1.165) is 22.0 Å². The number of carboxylic acid groups (broad SMARTS) is 1. The molecular weight excluding hydrogens is 580 g/mol. The number of para-hydroxylation sites is 1. The van der Waals surface area contributed by atoms with Crippen LogP contribution in [0.15, 0.2) is 65.8 Å². The Kier molecular flexibility index (Phi) is 11.1. The van der Waals surface area contributed by atoms with Crippen LogP contribution in [0.5, 0.6) is 0 Å². The Labute approximate surface area is 259 Å². The van der Waals surface area contributed by atoms with Crippen LogP contribution in [0.3, 0.4) is 0 Å². The number of carbonyl (C=O) groups is 5. The van der Waals surface area contributed by atoms with Crippen molar-refractivity contribution in [2.75, 3.05) is 6.54 Å². The summed E-state index contributed by atoms with van der Waals surface area (Å²) in [6.07, 6.45) is 1.80. The Morgan fingerprint density at radius 1 is 0.822 bits per heavy atom. The van der Waals surface area contributed by atoms with Gasteiger partial charge in [-0.2, -0.15) is 0 Å². The lowest BCUT2D eigenvalue weighted by Crippen LogP contribution is -2.59. The molecule has 0 spiro atoms. The van der Waals surface area contributed by atoms with Gasteiger partial charge in [-0.15, -0.1) is 0 Å². The molecule has 2 aromatic carbocycles. The fourth-order valence-electron chi connectivity index (χ4n) is 5.18. The van der Waals surface area contributed by atoms with E-state index >= 15 is 0 Å². The van der Waals surface area contributed by atoms with Crippen molar-refractivity contribution in [1.82, 2.24) is 26.3 Å². The summed E-state index contributed by atoms with van der Waals surface area (Å²) in [4.78, 5) is 73.0. The maximum absolute atomic E-state index is 13.7. The van der Waals surface area contributed by atoms with E-state index in [-0.39, 0.29) is 44.6 Å². The number of carboxylic acids is 1. The molecule has 4 amide bonds. The second-order valence-electron chi connectivity index (χ2n) is 10.9. The fourth-order valence-corrected chi connectivity index (χ4v) is 5.18. The molecule has 1 aromatic heterocycles. The number of aromatic nitrogens is 1. The summed E-state index contributed by atoms with van der Waals surface area (Å²) in [6, 6.07) is 11.6. The highest BCUT2D eigenvalue weighted by Gasteiger charge is 2.33. The number of H-pyrrole nitrogens is 1. The standard InChI is InChI=1S/C31H38N8O6/c32-31(33)34-14-6-11-22-27(41)39-25(16-19-17-35-21-10-5-4-9-20(19)21)29(43)38-23(30(44)45)12-13-26(40)36-24(28(42)37-22)15-18-7-2-1-3-8-18/h1-5,7-10,17,22-25,35H,6,11-16H2,(H,36,40)(H,37,42)(H,38,43)(H,39,41)(H,44,45)(H4,32,33,34)/t22-,23-,24+,25-/m0/s1. The Morgan fingerprint density at radius 3 is 2.20 bits per heavy atom. The van der Waals surface area contributed by atoms with Crippen LogP contribution in [0.25, 0.3) is 10.9 Å². The molecule has 1 fully saturated rings. The summed E-state index contributed by atoms with van der Waals surface area (Å²) in [5.41, 5.74) is 13.2. The molecule has 0 saturated carbocycles. The maximum atomic E-state index is 13.7. The van der Waals surface area contributed by atoms with Gasteiger partial charge in [-0.05, 0) is 36.5 Å². The third-order valence-corrected chi connectivity index (χ3v) is 7.52. The van der Waals surface area contributed by atoms with Crippen LogP contribution in [0, 0.1) is 0 Å².